The van der Waals surface area contributed by atoms with E-state index in [4.69, 9.17) is 0 Å². The van der Waals surface area contributed by atoms with E-state index in [-0.39, 0.29) is 11.9 Å². The van der Waals surface area contributed by atoms with Crippen molar-refractivity contribution >= 4 is 5.91 Å². The molecular weight excluding hydrogens is 200 g/mol. The summed E-state index contributed by atoms with van der Waals surface area (Å²) in [4.78, 5) is 12.0. The predicted octanol–water partition coefficient (Wildman–Crippen LogP) is 0.899. The van der Waals surface area contributed by atoms with Crippen molar-refractivity contribution < 1.29 is 4.79 Å². The first-order valence-corrected chi connectivity index (χ1v) is 6.88. The summed E-state index contributed by atoms with van der Waals surface area (Å²) in [7, 11) is 0. The molecule has 3 heteroatoms. The molecule has 4 aliphatic rings. The van der Waals surface area contributed by atoms with E-state index in [1.165, 1.54) is 19.3 Å². The average molecular weight is 220 g/mol. The number of nitrogens with one attached hydrogen (secondary N) is 2. The SMILES string of the molecule is O=C(NC1C2C3CCC(C3)C12)C1CCCN1. The monoisotopic (exact) mass is 220 g/mol. The summed E-state index contributed by atoms with van der Waals surface area (Å²) in [6.07, 6.45) is 6.50. The fraction of sp³-hybridized carbons (Fsp3) is 0.923. The van der Waals surface area contributed by atoms with Crippen molar-refractivity contribution in [1.82, 2.24) is 10.6 Å². The molecule has 5 unspecified atom stereocenters. The van der Waals surface area contributed by atoms with Gasteiger partial charge in [0.1, 0.15) is 0 Å². The summed E-state index contributed by atoms with van der Waals surface area (Å²) in [6.45, 7) is 1.01. The van der Waals surface area contributed by atoms with Crippen LogP contribution >= 0.6 is 0 Å². The zero-order valence-electron chi connectivity index (χ0n) is 9.61. The zero-order chi connectivity index (χ0) is 10.7. The summed E-state index contributed by atoms with van der Waals surface area (Å²) >= 11 is 0. The van der Waals surface area contributed by atoms with Gasteiger partial charge in [0.15, 0.2) is 0 Å². The second-order valence-corrected chi connectivity index (χ2v) is 6.17. The molecule has 1 aliphatic heterocycles. The minimum Gasteiger partial charge on any atom is -0.351 e. The van der Waals surface area contributed by atoms with Crippen molar-refractivity contribution in [3.63, 3.8) is 0 Å². The molecular formula is C13H20N2O. The molecule has 3 nitrogen and oxygen atoms in total. The topological polar surface area (TPSA) is 41.1 Å². The van der Waals surface area contributed by atoms with E-state index in [2.05, 4.69) is 10.6 Å². The molecule has 0 radical (unpaired) electrons. The van der Waals surface area contributed by atoms with E-state index in [1.54, 1.807) is 0 Å². The Balaban J connectivity index is 1.38. The molecule has 1 amide bonds. The van der Waals surface area contributed by atoms with Crippen molar-refractivity contribution in [3.05, 3.63) is 0 Å². The number of fused-ring (bicyclic) bond motifs is 5. The Morgan fingerprint density at radius 1 is 1.12 bits per heavy atom. The van der Waals surface area contributed by atoms with Crippen molar-refractivity contribution in [2.75, 3.05) is 6.54 Å². The third-order valence-corrected chi connectivity index (χ3v) is 5.42. The summed E-state index contributed by atoms with van der Waals surface area (Å²) < 4.78 is 0. The number of rotatable bonds is 2. The van der Waals surface area contributed by atoms with Crippen LogP contribution in [0.5, 0.6) is 0 Å². The standard InChI is InChI=1S/C13H20N2O/c16-13(9-2-1-5-14-9)15-12-10-7-3-4-8(6-7)11(10)12/h7-12,14H,1-6H2,(H,15,16). The summed E-state index contributed by atoms with van der Waals surface area (Å²) in [5.41, 5.74) is 0. The molecule has 2 N–H and O–H groups in total. The van der Waals surface area contributed by atoms with Crippen molar-refractivity contribution in [2.24, 2.45) is 23.7 Å². The molecule has 5 atom stereocenters. The molecule has 16 heavy (non-hydrogen) atoms. The number of carbonyl (C=O) groups excluding carboxylic acids is 1. The molecule has 3 saturated carbocycles. The third-order valence-electron chi connectivity index (χ3n) is 5.42. The van der Waals surface area contributed by atoms with Gasteiger partial charge >= 0.3 is 0 Å². The van der Waals surface area contributed by atoms with E-state index in [0.29, 0.717) is 6.04 Å². The van der Waals surface area contributed by atoms with Crippen LogP contribution in [-0.4, -0.2) is 24.5 Å². The number of hydrogen-bond acceptors (Lipinski definition) is 2. The van der Waals surface area contributed by atoms with Gasteiger partial charge in [-0.05, 0) is 62.3 Å². The highest BCUT2D eigenvalue weighted by Gasteiger charge is 2.65. The maximum atomic E-state index is 12.0. The van der Waals surface area contributed by atoms with Crippen molar-refractivity contribution in [2.45, 2.75) is 44.2 Å². The van der Waals surface area contributed by atoms with Crippen LogP contribution in [0.2, 0.25) is 0 Å². The van der Waals surface area contributed by atoms with Gasteiger partial charge in [-0.25, -0.2) is 0 Å². The first-order chi connectivity index (χ1) is 7.84. The van der Waals surface area contributed by atoms with Gasteiger partial charge in [-0.2, -0.15) is 0 Å². The summed E-state index contributed by atoms with van der Waals surface area (Å²) in [5, 5.41) is 6.58. The molecule has 88 valence electrons. The molecule has 1 heterocycles. The smallest absolute Gasteiger partial charge is 0.237 e. The second kappa shape index (κ2) is 3.22. The predicted molar refractivity (Wildman–Crippen MR) is 60.8 cm³/mol. The maximum absolute atomic E-state index is 12.0. The highest BCUT2D eigenvalue weighted by Crippen LogP contribution is 2.65. The molecule has 2 bridgehead atoms. The Hall–Kier alpha value is -0.570. The highest BCUT2D eigenvalue weighted by atomic mass is 16.2. The number of hydrogen-bond donors (Lipinski definition) is 2. The fourth-order valence-electron chi connectivity index (χ4n) is 4.69. The normalized spacial score (nSPS) is 52.8. The maximum Gasteiger partial charge on any atom is 0.237 e. The quantitative estimate of drug-likeness (QED) is 0.726. The molecule has 4 rings (SSSR count). The highest BCUT2D eigenvalue weighted by molar-refractivity contribution is 5.82. The van der Waals surface area contributed by atoms with Gasteiger partial charge in [0.25, 0.3) is 0 Å². The van der Waals surface area contributed by atoms with Gasteiger partial charge < -0.3 is 10.6 Å². The minimum atomic E-state index is 0.110. The van der Waals surface area contributed by atoms with E-state index in [1.807, 2.05) is 0 Å². The van der Waals surface area contributed by atoms with Crippen LogP contribution in [0, 0.1) is 23.7 Å². The molecule has 0 aromatic heterocycles. The Kier molecular flexibility index (Phi) is 1.90. The van der Waals surface area contributed by atoms with E-state index < -0.39 is 0 Å². The zero-order valence-corrected chi connectivity index (χ0v) is 9.61. The van der Waals surface area contributed by atoms with Crippen LogP contribution in [0.3, 0.4) is 0 Å². The molecule has 4 fully saturated rings. The first kappa shape index (κ1) is 9.46. The van der Waals surface area contributed by atoms with E-state index >= 15 is 0 Å². The number of carbonyl (C=O) groups is 1. The van der Waals surface area contributed by atoms with E-state index in [0.717, 1.165) is 43.1 Å². The lowest BCUT2D eigenvalue weighted by Crippen LogP contribution is -2.42. The van der Waals surface area contributed by atoms with Gasteiger partial charge in [0.05, 0.1) is 6.04 Å². The van der Waals surface area contributed by atoms with Crippen molar-refractivity contribution in [3.8, 4) is 0 Å². The molecule has 0 aromatic rings. The average Bonchev–Trinajstić information content (AvgIpc) is 2.81. The van der Waals surface area contributed by atoms with Gasteiger partial charge in [-0.1, -0.05) is 0 Å². The lowest BCUT2D eigenvalue weighted by atomic mass is 10.0. The van der Waals surface area contributed by atoms with Gasteiger partial charge in [-0.3, -0.25) is 4.79 Å². The number of amides is 1. The van der Waals surface area contributed by atoms with Crippen LogP contribution in [0.25, 0.3) is 0 Å². The van der Waals surface area contributed by atoms with Crippen LogP contribution in [0.4, 0.5) is 0 Å². The largest absolute Gasteiger partial charge is 0.351 e. The second-order valence-electron chi connectivity index (χ2n) is 6.17. The Morgan fingerprint density at radius 3 is 2.50 bits per heavy atom. The Bertz CT molecular complexity index is 308. The first-order valence-electron chi connectivity index (χ1n) is 6.88. The van der Waals surface area contributed by atoms with Gasteiger partial charge in [0.2, 0.25) is 5.91 Å². The van der Waals surface area contributed by atoms with E-state index in [9.17, 15) is 4.79 Å². The Labute approximate surface area is 96.4 Å². The molecule has 1 saturated heterocycles. The lowest BCUT2D eigenvalue weighted by Gasteiger charge is -2.14. The van der Waals surface area contributed by atoms with Gasteiger partial charge in [-0.15, -0.1) is 0 Å². The Morgan fingerprint density at radius 2 is 1.88 bits per heavy atom. The summed E-state index contributed by atoms with van der Waals surface area (Å²) in [6, 6.07) is 0.667. The molecule has 0 spiro atoms. The van der Waals surface area contributed by atoms with Crippen LogP contribution in [-0.2, 0) is 4.79 Å². The summed E-state index contributed by atoms with van der Waals surface area (Å²) in [5.74, 6) is 3.91. The minimum absolute atomic E-state index is 0.110. The van der Waals surface area contributed by atoms with Crippen molar-refractivity contribution in [1.29, 1.82) is 0 Å². The lowest BCUT2D eigenvalue weighted by molar-refractivity contribution is -0.123. The third kappa shape index (κ3) is 1.21. The molecule has 3 aliphatic carbocycles. The molecule has 0 aromatic carbocycles. The van der Waals surface area contributed by atoms with Crippen LogP contribution in [0.1, 0.15) is 32.1 Å². The fourth-order valence-corrected chi connectivity index (χ4v) is 4.69. The van der Waals surface area contributed by atoms with Crippen LogP contribution in [0.15, 0.2) is 0 Å². The van der Waals surface area contributed by atoms with Crippen LogP contribution < -0.4 is 10.6 Å². The van der Waals surface area contributed by atoms with Gasteiger partial charge in [0, 0.05) is 6.04 Å².